The van der Waals surface area contributed by atoms with E-state index in [1.807, 2.05) is 30.3 Å². The second-order valence-electron chi connectivity index (χ2n) is 8.48. The highest BCUT2D eigenvalue weighted by atomic mass is 35.5. The zero-order valence-electron chi connectivity index (χ0n) is 19.1. The van der Waals surface area contributed by atoms with Gasteiger partial charge in [-0.1, -0.05) is 30.2 Å². The molecule has 180 valence electrons. The predicted molar refractivity (Wildman–Crippen MR) is 138 cm³/mol. The lowest BCUT2D eigenvalue weighted by molar-refractivity contribution is -0.123. The van der Waals surface area contributed by atoms with E-state index in [0.29, 0.717) is 44.9 Å². The van der Waals surface area contributed by atoms with Gasteiger partial charge in [0.25, 0.3) is 11.5 Å². The van der Waals surface area contributed by atoms with Crippen LogP contribution < -0.4 is 20.3 Å². The molecule has 1 N–H and O–H groups in total. The summed E-state index contributed by atoms with van der Waals surface area (Å²) in [4.78, 5) is 30.8. The lowest BCUT2D eigenvalue weighted by atomic mass is 9.85. The first kappa shape index (κ1) is 23.4. The average molecular weight is 510 g/mol. The van der Waals surface area contributed by atoms with Gasteiger partial charge in [-0.25, -0.2) is 4.98 Å². The van der Waals surface area contributed by atoms with Crippen molar-refractivity contribution < 1.29 is 14.3 Å². The van der Waals surface area contributed by atoms with Crippen LogP contribution in [0.1, 0.15) is 19.3 Å². The standard InChI is InChI=1S/C26H24ClN3O4S/c1-33-22-11-19(9-10-21(22)34-14-24(31)28-13-16-3-2-4-16)30-15-29-20-12-23(35-25(20)26(30)32)17-5-7-18(27)8-6-17/h5-12,15-16H,2-4,13-14H2,1H3,(H,28,31). The highest BCUT2D eigenvalue weighted by Crippen LogP contribution is 2.33. The van der Waals surface area contributed by atoms with Crippen LogP contribution in [-0.4, -0.2) is 35.7 Å². The molecule has 0 saturated heterocycles. The van der Waals surface area contributed by atoms with Crippen molar-refractivity contribution >= 4 is 39.1 Å². The molecule has 1 saturated carbocycles. The maximum absolute atomic E-state index is 13.3. The molecular weight excluding hydrogens is 486 g/mol. The molecule has 9 heteroatoms. The third-order valence-corrected chi connectivity index (χ3v) is 7.58. The number of hydrogen-bond acceptors (Lipinski definition) is 6. The van der Waals surface area contributed by atoms with E-state index in [2.05, 4.69) is 10.3 Å². The Morgan fingerprint density at radius 3 is 2.69 bits per heavy atom. The quantitative estimate of drug-likeness (QED) is 0.358. The number of hydrogen-bond donors (Lipinski definition) is 1. The molecule has 0 spiro atoms. The molecule has 7 nitrogen and oxygen atoms in total. The number of halogens is 1. The summed E-state index contributed by atoms with van der Waals surface area (Å²) >= 11 is 7.38. The number of carbonyl (C=O) groups excluding carboxylic acids is 1. The molecule has 2 aromatic heterocycles. The van der Waals surface area contributed by atoms with Crippen LogP contribution in [-0.2, 0) is 4.79 Å². The van der Waals surface area contributed by atoms with Crippen molar-refractivity contribution in [3.63, 3.8) is 0 Å². The number of amides is 1. The Morgan fingerprint density at radius 1 is 1.17 bits per heavy atom. The summed E-state index contributed by atoms with van der Waals surface area (Å²) in [6, 6.07) is 14.5. The second-order valence-corrected chi connectivity index (χ2v) is 9.97. The van der Waals surface area contributed by atoms with Crippen molar-refractivity contribution in [2.75, 3.05) is 20.3 Å². The molecule has 2 aromatic carbocycles. The number of aromatic nitrogens is 2. The van der Waals surface area contributed by atoms with E-state index in [1.165, 1.54) is 48.6 Å². The monoisotopic (exact) mass is 509 g/mol. The number of nitrogens with one attached hydrogen (secondary N) is 1. The van der Waals surface area contributed by atoms with Crippen molar-refractivity contribution in [2.24, 2.45) is 5.92 Å². The number of rotatable bonds is 8. The molecule has 1 aliphatic rings. The Kier molecular flexibility index (Phi) is 6.74. The lowest BCUT2D eigenvalue weighted by Gasteiger charge is -2.25. The Labute approximate surface area is 211 Å². The Hall–Kier alpha value is -3.36. The molecular formula is C26H24ClN3O4S. The van der Waals surface area contributed by atoms with Crippen LogP contribution in [0.2, 0.25) is 5.02 Å². The molecule has 0 radical (unpaired) electrons. The summed E-state index contributed by atoms with van der Waals surface area (Å²) in [5.41, 5.74) is 2.03. The van der Waals surface area contributed by atoms with Gasteiger partial charge in [-0.3, -0.25) is 14.2 Å². The third kappa shape index (κ3) is 5.04. The average Bonchev–Trinajstić information content (AvgIpc) is 3.28. The Bertz CT molecular complexity index is 1430. The minimum atomic E-state index is -0.175. The summed E-state index contributed by atoms with van der Waals surface area (Å²) in [5, 5.41) is 3.57. The van der Waals surface area contributed by atoms with Gasteiger partial charge in [0.1, 0.15) is 11.0 Å². The van der Waals surface area contributed by atoms with E-state index in [4.69, 9.17) is 21.1 Å². The van der Waals surface area contributed by atoms with E-state index in [1.54, 1.807) is 18.2 Å². The fraction of sp³-hybridized carbons (Fsp3) is 0.269. The van der Waals surface area contributed by atoms with E-state index >= 15 is 0 Å². The molecule has 35 heavy (non-hydrogen) atoms. The summed E-state index contributed by atoms with van der Waals surface area (Å²) in [6.07, 6.45) is 5.09. The van der Waals surface area contributed by atoms with Crippen LogP contribution in [0.25, 0.3) is 26.3 Å². The van der Waals surface area contributed by atoms with Crippen molar-refractivity contribution in [2.45, 2.75) is 19.3 Å². The first-order chi connectivity index (χ1) is 17.0. The minimum absolute atomic E-state index is 0.0987. The number of thiophene rings is 1. The van der Waals surface area contributed by atoms with Gasteiger partial charge in [0.2, 0.25) is 0 Å². The van der Waals surface area contributed by atoms with Gasteiger partial charge in [-0.15, -0.1) is 11.3 Å². The van der Waals surface area contributed by atoms with Crippen LogP contribution >= 0.6 is 22.9 Å². The second kappa shape index (κ2) is 10.1. The molecule has 5 rings (SSSR count). The van der Waals surface area contributed by atoms with E-state index in [-0.39, 0.29) is 18.1 Å². The van der Waals surface area contributed by atoms with Crippen LogP contribution in [0.15, 0.2) is 59.7 Å². The third-order valence-electron chi connectivity index (χ3n) is 6.16. The van der Waals surface area contributed by atoms with Crippen molar-refractivity contribution in [3.05, 3.63) is 70.2 Å². The smallest absolute Gasteiger partial charge is 0.275 e. The topological polar surface area (TPSA) is 82.5 Å². The number of ether oxygens (including phenoxy) is 2. The summed E-state index contributed by atoms with van der Waals surface area (Å²) < 4.78 is 13.2. The maximum atomic E-state index is 13.3. The number of methoxy groups -OCH3 is 1. The van der Waals surface area contributed by atoms with Gasteiger partial charge in [0.15, 0.2) is 18.1 Å². The summed E-state index contributed by atoms with van der Waals surface area (Å²) in [7, 11) is 1.52. The van der Waals surface area contributed by atoms with Gasteiger partial charge < -0.3 is 14.8 Å². The number of nitrogens with zero attached hydrogens (tertiary/aromatic N) is 2. The summed E-state index contributed by atoms with van der Waals surface area (Å²) in [6.45, 7) is 0.595. The fourth-order valence-electron chi connectivity index (χ4n) is 3.93. The number of fused-ring (bicyclic) bond motifs is 1. The normalized spacial score (nSPS) is 13.4. The highest BCUT2D eigenvalue weighted by Gasteiger charge is 2.18. The van der Waals surface area contributed by atoms with Crippen molar-refractivity contribution in [1.29, 1.82) is 0 Å². The highest BCUT2D eigenvalue weighted by molar-refractivity contribution is 7.22. The molecule has 0 atom stereocenters. The molecule has 0 bridgehead atoms. The van der Waals surface area contributed by atoms with Crippen LogP contribution in [0.4, 0.5) is 0 Å². The molecule has 2 heterocycles. The first-order valence-electron chi connectivity index (χ1n) is 11.4. The molecule has 1 fully saturated rings. The van der Waals surface area contributed by atoms with Gasteiger partial charge in [-0.2, -0.15) is 0 Å². The van der Waals surface area contributed by atoms with Crippen LogP contribution in [0.3, 0.4) is 0 Å². The molecule has 1 aliphatic carbocycles. The van der Waals surface area contributed by atoms with E-state index in [0.717, 1.165) is 10.4 Å². The van der Waals surface area contributed by atoms with Crippen LogP contribution in [0, 0.1) is 5.92 Å². The predicted octanol–water partition coefficient (Wildman–Crippen LogP) is 5.07. The Balaban J connectivity index is 1.35. The molecule has 1 amide bonds. The van der Waals surface area contributed by atoms with Gasteiger partial charge in [-0.05, 0) is 54.7 Å². The number of benzene rings is 2. The van der Waals surface area contributed by atoms with Crippen molar-refractivity contribution in [1.82, 2.24) is 14.9 Å². The Morgan fingerprint density at radius 2 is 1.97 bits per heavy atom. The fourth-order valence-corrected chi connectivity index (χ4v) is 5.10. The van der Waals surface area contributed by atoms with Crippen LogP contribution in [0.5, 0.6) is 11.5 Å². The first-order valence-corrected chi connectivity index (χ1v) is 12.6. The van der Waals surface area contributed by atoms with E-state index in [9.17, 15) is 9.59 Å². The van der Waals surface area contributed by atoms with Gasteiger partial charge in [0.05, 0.1) is 18.3 Å². The maximum Gasteiger partial charge on any atom is 0.275 e. The van der Waals surface area contributed by atoms with Gasteiger partial charge in [0, 0.05) is 22.5 Å². The zero-order chi connectivity index (χ0) is 24.4. The minimum Gasteiger partial charge on any atom is -0.493 e. The molecule has 0 aliphatic heterocycles. The summed E-state index contributed by atoms with van der Waals surface area (Å²) in [5.74, 6) is 1.28. The molecule has 0 unspecified atom stereocenters. The van der Waals surface area contributed by atoms with Crippen molar-refractivity contribution in [3.8, 4) is 27.6 Å². The van der Waals surface area contributed by atoms with E-state index < -0.39 is 0 Å². The largest absolute Gasteiger partial charge is 0.493 e. The molecule has 4 aromatic rings. The van der Waals surface area contributed by atoms with Gasteiger partial charge >= 0.3 is 0 Å². The zero-order valence-corrected chi connectivity index (χ0v) is 20.7. The lowest BCUT2D eigenvalue weighted by Crippen LogP contribution is -2.35. The SMILES string of the molecule is COc1cc(-n2cnc3cc(-c4ccc(Cl)cc4)sc3c2=O)ccc1OCC(=O)NCC1CCC1. The number of carbonyl (C=O) groups is 1.